The van der Waals surface area contributed by atoms with E-state index < -0.39 is 12.0 Å². The van der Waals surface area contributed by atoms with Gasteiger partial charge >= 0.3 is 5.97 Å². The highest BCUT2D eigenvalue weighted by molar-refractivity contribution is 8.00. The van der Waals surface area contributed by atoms with Crippen molar-refractivity contribution in [1.29, 1.82) is 0 Å². The molecule has 1 aliphatic rings. The van der Waals surface area contributed by atoms with Crippen LogP contribution in [0.15, 0.2) is 12.7 Å². The lowest BCUT2D eigenvalue weighted by Gasteiger charge is -2.20. The molecule has 0 aromatic rings. The van der Waals surface area contributed by atoms with Gasteiger partial charge in [0.25, 0.3) is 0 Å². The van der Waals surface area contributed by atoms with Gasteiger partial charge in [0.2, 0.25) is 0 Å². The van der Waals surface area contributed by atoms with E-state index in [-0.39, 0.29) is 4.75 Å². The van der Waals surface area contributed by atoms with Gasteiger partial charge < -0.3 is 10.8 Å². The van der Waals surface area contributed by atoms with Gasteiger partial charge in [0.05, 0.1) is 0 Å². The summed E-state index contributed by atoms with van der Waals surface area (Å²) in [6, 6.07) is -0.391. The van der Waals surface area contributed by atoms with Crippen LogP contribution in [0.4, 0.5) is 0 Å². The summed E-state index contributed by atoms with van der Waals surface area (Å²) in [5.41, 5.74) is 4.91. The van der Waals surface area contributed by atoms with E-state index in [0.717, 1.165) is 5.88 Å². The van der Waals surface area contributed by atoms with Crippen molar-refractivity contribution < 1.29 is 9.90 Å². The average Bonchev–Trinajstić information content (AvgIpc) is 2.45. The lowest BCUT2D eigenvalue weighted by atomic mass is 10.0. The molecule has 1 fully saturated rings. The van der Waals surface area contributed by atoms with Crippen LogP contribution < -0.4 is 11.1 Å². The number of aliphatic carboxylic acids is 1. The van der Waals surface area contributed by atoms with Gasteiger partial charge in [-0.05, 0) is 13.8 Å². The van der Waals surface area contributed by atoms with Crippen molar-refractivity contribution in [3.63, 3.8) is 0 Å². The van der Waals surface area contributed by atoms with Crippen molar-refractivity contribution in [3.05, 3.63) is 12.7 Å². The summed E-state index contributed by atoms with van der Waals surface area (Å²) < 4.78 is -0.161. The largest absolute Gasteiger partial charge is 0.480 e. The van der Waals surface area contributed by atoms with E-state index in [2.05, 4.69) is 11.9 Å². The summed E-state index contributed by atoms with van der Waals surface area (Å²) in [5.74, 6) is -0.0146. The number of carbonyl (C=O) groups is 1. The molecule has 1 unspecified atom stereocenters. The Labute approximate surface area is 88.9 Å². The van der Waals surface area contributed by atoms with Crippen LogP contribution >= 0.6 is 11.8 Å². The highest BCUT2D eigenvalue weighted by Gasteiger charge is 2.39. The Kier molecular flexibility index (Phi) is 5.83. The number of thioether (sulfide) groups is 1. The first-order valence-corrected chi connectivity index (χ1v) is 5.35. The van der Waals surface area contributed by atoms with Crippen LogP contribution in [-0.2, 0) is 4.79 Å². The van der Waals surface area contributed by atoms with Crippen LogP contribution in [0.5, 0.6) is 0 Å². The lowest BCUT2D eigenvalue weighted by molar-refractivity contribution is -0.139. The quantitative estimate of drug-likeness (QED) is 0.593. The highest BCUT2D eigenvalue weighted by Crippen LogP contribution is 2.32. The molecule has 1 saturated heterocycles. The molecule has 0 amide bonds. The second-order valence-electron chi connectivity index (χ2n) is 3.39. The number of hydrogen-bond donors (Lipinski definition) is 3. The van der Waals surface area contributed by atoms with E-state index in [0.29, 0.717) is 6.54 Å². The van der Waals surface area contributed by atoms with E-state index in [1.54, 1.807) is 17.8 Å². The van der Waals surface area contributed by atoms with Gasteiger partial charge in [0, 0.05) is 17.2 Å². The van der Waals surface area contributed by atoms with Gasteiger partial charge in [0.1, 0.15) is 6.04 Å². The fourth-order valence-electron chi connectivity index (χ4n) is 1.02. The fraction of sp³-hybridized carbons (Fsp3) is 0.667. The minimum atomic E-state index is -0.755. The maximum atomic E-state index is 10.5. The molecule has 5 heteroatoms. The number of hydrogen-bond acceptors (Lipinski definition) is 4. The Morgan fingerprint density at radius 2 is 2.36 bits per heavy atom. The summed E-state index contributed by atoms with van der Waals surface area (Å²) in [6.45, 7) is 7.82. The molecule has 0 aliphatic carbocycles. The Balaban J connectivity index is 0.000000364. The molecule has 1 rings (SSSR count). The van der Waals surface area contributed by atoms with E-state index >= 15 is 0 Å². The molecule has 0 radical (unpaired) electrons. The minimum Gasteiger partial charge on any atom is -0.480 e. The SMILES string of the molecule is C=CCN.CC1(C)SCNC1C(=O)O. The van der Waals surface area contributed by atoms with Gasteiger partial charge in [-0.3, -0.25) is 10.1 Å². The zero-order valence-electron chi connectivity index (χ0n) is 8.62. The summed E-state index contributed by atoms with van der Waals surface area (Å²) in [4.78, 5) is 10.5. The summed E-state index contributed by atoms with van der Waals surface area (Å²) in [5, 5.41) is 11.6. The first-order chi connectivity index (χ1) is 6.45. The predicted molar refractivity (Wildman–Crippen MR) is 60.3 cm³/mol. The minimum absolute atomic E-state index is 0.161. The third-order valence-electron chi connectivity index (χ3n) is 1.84. The van der Waals surface area contributed by atoms with Gasteiger partial charge in [-0.15, -0.1) is 18.3 Å². The smallest absolute Gasteiger partial charge is 0.322 e. The molecule has 0 bridgehead atoms. The maximum absolute atomic E-state index is 10.5. The van der Waals surface area contributed by atoms with Crippen LogP contribution in [0.2, 0.25) is 0 Å². The molecule has 0 saturated carbocycles. The molecule has 0 aromatic carbocycles. The van der Waals surface area contributed by atoms with Crippen LogP contribution in [0.1, 0.15) is 13.8 Å². The van der Waals surface area contributed by atoms with Gasteiger partial charge in [-0.1, -0.05) is 6.08 Å². The molecule has 1 heterocycles. The van der Waals surface area contributed by atoms with Gasteiger partial charge in [-0.2, -0.15) is 0 Å². The van der Waals surface area contributed by atoms with Crippen molar-refractivity contribution in [2.24, 2.45) is 5.73 Å². The molecule has 0 spiro atoms. The molecule has 0 aromatic heterocycles. The highest BCUT2D eigenvalue weighted by atomic mass is 32.2. The number of carboxylic acids is 1. The standard InChI is InChI=1S/C6H11NO2S.C3H7N/c1-6(2)4(5(8)9)7-3-10-6;1-2-3-4/h4,7H,3H2,1-2H3,(H,8,9);2H,1,3-4H2. The van der Waals surface area contributed by atoms with E-state index in [9.17, 15) is 4.79 Å². The van der Waals surface area contributed by atoms with E-state index in [1.807, 2.05) is 13.8 Å². The Morgan fingerprint density at radius 1 is 1.86 bits per heavy atom. The van der Waals surface area contributed by atoms with Crippen molar-refractivity contribution in [2.75, 3.05) is 12.4 Å². The first-order valence-electron chi connectivity index (χ1n) is 4.36. The van der Waals surface area contributed by atoms with Crippen LogP contribution in [0.25, 0.3) is 0 Å². The van der Waals surface area contributed by atoms with Crippen LogP contribution in [-0.4, -0.2) is 34.3 Å². The van der Waals surface area contributed by atoms with Crippen molar-refractivity contribution in [1.82, 2.24) is 5.32 Å². The second kappa shape index (κ2) is 6.06. The zero-order chi connectivity index (χ0) is 11.2. The second-order valence-corrected chi connectivity index (χ2v) is 5.02. The molecular weight excluding hydrogens is 200 g/mol. The number of nitrogens with two attached hydrogens (primary N) is 1. The topological polar surface area (TPSA) is 75.3 Å². The normalized spacial score (nSPS) is 23.5. The molecule has 1 aliphatic heterocycles. The van der Waals surface area contributed by atoms with Crippen molar-refractivity contribution >= 4 is 17.7 Å². The third-order valence-corrected chi connectivity index (χ3v) is 3.13. The molecule has 14 heavy (non-hydrogen) atoms. The Bertz CT molecular complexity index is 207. The molecule has 1 atom stereocenters. The Hall–Kier alpha value is -0.520. The van der Waals surface area contributed by atoms with Crippen LogP contribution in [0, 0.1) is 0 Å². The molecular formula is C9H18N2O2S. The average molecular weight is 218 g/mol. The van der Waals surface area contributed by atoms with Crippen LogP contribution in [0.3, 0.4) is 0 Å². The third kappa shape index (κ3) is 4.13. The molecule has 4 N–H and O–H groups in total. The number of carboxylic acid groups (broad SMARTS) is 1. The molecule has 82 valence electrons. The van der Waals surface area contributed by atoms with Crippen molar-refractivity contribution in [3.8, 4) is 0 Å². The summed E-state index contributed by atoms with van der Waals surface area (Å²) in [7, 11) is 0. The molecule has 4 nitrogen and oxygen atoms in total. The zero-order valence-corrected chi connectivity index (χ0v) is 9.43. The lowest BCUT2D eigenvalue weighted by Crippen LogP contribution is -2.43. The Morgan fingerprint density at radius 3 is 2.50 bits per heavy atom. The number of rotatable bonds is 2. The maximum Gasteiger partial charge on any atom is 0.322 e. The number of nitrogens with one attached hydrogen (secondary N) is 1. The van der Waals surface area contributed by atoms with E-state index in [4.69, 9.17) is 10.8 Å². The monoisotopic (exact) mass is 218 g/mol. The van der Waals surface area contributed by atoms with Crippen molar-refractivity contribution in [2.45, 2.75) is 24.6 Å². The van der Waals surface area contributed by atoms with Gasteiger partial charge in [0.15, 0.2) is 0 Å². The summed E-state index contributed by atoms with van der Waals surface area (Å²) >= 11 is 1.64. The predicted octanol–water partition coefficient (Wildman–Crippen LogP) is 0.643. The van der Waals surface area contributed by atoms with E-state index in [1.165, 1.54) is 0 Å². The fourth-order valence-corrected chi connectivity index (χ4v) is 2.00. The van der Waals surface area contributed by atoms with Gasteiger partial charge in [-0.25, -0.2) is 0 Å². The first kappa shape index (κ1) is 13.5. The summed E-state index contributed by atoms with van der Waals surface area (Å²) in [6.07, 6.45) is 1.65.